The largest absolute Gasteiger partial charge is 0.390 e. The van der Waals surface area contributed by atoms with E-state index in [-0.39, 0.29) is 26.8 Å². The predicted octanol–water partition coefficient (Wildman–Crippen LogP) is 2.86. The molecule has 226 valence electrons. The number of fused-ring (bicyclic) bond motifs is 1. The number of anilines is 1. The van der Waals surface area contributed by atoms with Crippen LogP contribution in [-0.4, -0.2) is 74.4 Å². The van der Waals surface area contributed by atoms with Gasteiger partial charge in [0.1, 0.15) is 17.4 Å². The molecule has 10 nitrogen and oxygen atoms in total. The third kappa shape index (κ3) is 7.60. The van der Waals surface area contributed by atoms with Crippen LogP contribution in [0.4, 0.5) is 23.2 Å². The van der Waals surface area contributed by atoms with E-state index in [4.69, 9.17) is 5.11 Å². The zero-order valence-electron chi connectivity index (χ0n) is 22.1. The molecule has 16 heteroatoms. The molecule has 0 radical (unpaired) electrons. The summed E-state index contributed by atoms with van der Waals surface area (Å²) in [5.74, 6) is -4.49. The van der Waals surface area contributed by atoms with Crippen LogP contribution in [0.25, 0.3) is 21.3 Å². The van der Waals surface area contributed by atoms with Crippen molar-refractivity contribution in [2.45, 2.75) is 36.7 Å². The summed E-state index contributed by atoms with van der Waals surface area (Å²) in [6.45, 7) is -1.28. The topological polar surface area (TPSA) is 146 Å². The van der Waals surface area contributed by atoms with Crippen LogP contribution >= 0.6 is 11.3 Å². The van der Waals surface area contributed by atoms with Gasteiger partial charge < -0.3 is 20.6 Å². The first-order valence-corrected chi connectivity index (χ1v) is 15.1. The monoisotopic (exact) mass is 630 g/mol. The van der Waals surface area contributed by atoms with E-state index in [9.17, 15) is 36.0 Å². The van der Waals surface area contributed by atoms with Crippen LogP contribution in [0, 0.1) is 5.82 Å². The standard InChI is InChI=1S/C26H26F4N4O6S2/c1-34(22(37)13-35)16-6-2-14(3-7-16)17-10-20-19(11-18(17)27)33-25(41-20)23(42(39,40)9-8-26(28,29)30)24(38)31-12-21(36)32-15-4-5-15/h2-3,6-7,10-11,15,23,35H,4-5,8-9,12-13H2,1H3,(H,31,38)(H,32,36). The van der Waals surface area contributed by atoms with Gasteiger partial charge in [-0.25, -0.2) is 17.8 Å². The second kappa shape index (κ2) is 12.3. The maximum absolute atomic E-state index is 15.1. The summed E-state index contributed by atoms with van der Waals surface area (Å²) in [4.78, 5) is 42.0. The molecule has 3 aromatic rings. The summed E-state index contributed by atoms with van der Waals surface area (Å²) >= 11 is 0.701. The van der Waals surface area contributed by atoms with Crippen molar-refractivity contribution in [1.29, 1.82) is 0 Å². The number of alkyl halides is 3. The van der Waals surface area contributed by atoms with Gasteiger partial charge in [-0.1, -0.05) is 12.1 Å². The van der Waals surface area contributed by atoms with E-state index in [1.54, 1.807) is 0 Å². The van der Waals surface area contributed by atoms with Crippen LogP contribution in [0.5, 0.6) is 0 Å². The lowest BCUT2D eigenvalue weighted by Gasteiger charge is -2.16. The van der Waals surface area contributed by atoms with E-state index >= 15 is 4.39 Å². The second-order valence-corrected chi connectivity index (χ2v) is 12.9. The molecule has 4 rings (SSSR count). The second-order valence-electron chi connectivity index (χ2n) is 9.68. The summed E-state index contributed by atoms with van der Waals surface area (Å²) < 4.78 is 80.1. The van der Waals surface area contributed by atoms with Crippen LogP contribution in [-0.2, 0) is 24.2 Å². The summed E-state index contributed by atoms with van der Waals surface area (Å²) in [6, 6.07) is 8.44. The number of nitrogens with zero attached hydrogens (tertiary/aromatic N) is 2. The first kappa shape index (κ1) is 31.3. The molecule has 0 saturated heterocycles. The minimum atomic E-state index is -4.81. The van der Waals surface area contributed by atoms with Gasteiger partial charge in [0, 0.05) is 30.4 Å². The van der Waals surface area contributed by atoms with Crippen molar-refractivity contribution in [2.24, 2.45) is 0 Å². The lowest BCUT2D eigenvalue weighted by Crippen LogP contribution is -2.41. The molecule has 0 aliphatic heterocycles. The molecule has 1 unspecified atom stereocenters. The smallest absolute Gasteiger partial charge is 0.387 e. The fraction of sp³-hybridized carbons (Fsp3) is 0.385. The Bertz CT molecular complexity index is 1610. The fourth-order valence-electron chi connectivity index (χ4n) is 3.99. The van der Waals surface area contributed by atoms with Gasteiger partial charge >= 0.3 is 6.18 Å². The zero-order chi connectivity index (χ0) is 30.8. The number of thiazole rings is 1. The Morgan fingerprint density at radius 3 is 2.43 bits per heavy atom. The number of carbonyl (C=O) groups is 3. The van der Waals surface area contributed by atoms with Gasteiger partial charge in [0.05, 0.1) is 28.9 Å². The van der Waals surface area contributed by atoms with Crippen LogP contribution < -0.4 is 15.5 Å². The van der Waals surface area contributed by atoms with Crippen molar-refractivity contribution in [1.82, 2.24) is 15.6 Å². The third-order valence-electron chi connectivity index (χ3n) is 6.43. The molecular formula is C26H26F4N4O6S2. The van der Waals surface area contributed by atoms with E-state index in [1.165, 1.54) is 42.3 Å². The molecule has 0 spiro atoms. The number of carbonyl (C=O) groups excluding carboxylic acids is 3. The summed E-state index contributed by atoms with van der Waals surface area (Å²) in [5, 5.41) is 11.3. The number of sulfone groups is 1. The Morgan fingerprint density at radius 2 is 1.83 bits per heavy atom. The van der Waals surface area contributed by atoms with Crippen molar-refractivity contribution in [3.8, 4) is 11.1 Å². The van der Waals surface area contributed by atoms with Crippen molar-refractivity contribution in [2.75, 3.05) is 30.9 Å². The molecule has 1 fully saturated rings. The van der Waals surface area contributed by atoms with Crippen LogP contribution in [0.15, 0.2) is 36.4 Å². The predicted molar refractivity (Wildman–Crippen MR) is 147 cm³/mol. The first-order chi connectivity index (χ1) is 19.7. The minimum absolute atomic E-state index is 0.0172. The molecule has 1 aliphatic rings. The van der Waals surface area contributed by atoms with Gasteiger partial charge in [0.25, 0.3) is 5.91 Å². The summed E-state index contributed by atoms with van der Waals surface area (Å²) in [6.07, 6.45) is -4.97. The fourth-order valence-corrected chi connectivity index (χ4v) is 7.06. The number of aromatic nitrogens is 1. The molecule has 1 atom stereocenters. The van der Waals surface area contributed by atoms with Crippen molar-refractivity contribution in [3.05, 3.63) is 47.2 Å². The first-order valence-electron chi connectivity index (χ1n) is 12.6. The molecule has 1 saturated carbocycles. The SMILES string of the molecule is CN(C(=O)CO)c1ccc(-c2cc3sc(C(C(=O)NCC(=O)NC4CC4)S(=O)(=O)CCC(F)(F)F)nc3cc2F)cc1. The van der Waals surface area contributed by atoms with E-state index < -0.39 is 70.1 Å². The molecule has 2 aromatic carbocycles. The highest BCUT2D eigenvalue weighted by Crippen LogP contribution is 2.36. The van der Waals surface area contributed by atoms with E-state index in [0.717, 1.165) is 18.9 Å². The van der Waals surface area contributed by atoms with Gasteiger partial charge in [0.2, 0.25) is 11.8 Å². The summed E-state index contributed by atoms with van der Waals surface area (Å²) in [5.41, 5.74) is 0.879. The maximum atomic E-state index is 15.1. The Labute approximate surface area is 241 Å². The summed E-state index contributed by atoms with van der Waals surface area (Å²) in [7, 11) is -3.32. The molecule has 42 heavy (non-hydrogen) atoms. The quantitative estimate of drug-likeness (QED) is 0.276. The molecular weight excluding hydrogens is 604 g/mol. The number of rotatable bonds is 11. The Kier molecular flexibility index (Phi) is 9.18. The van der Waals surface area contributed by atoms with Gasteiger partial charge in [0.15, 0.2) is 15.1 Å². The number of halogens is 4. The number of hydrogen-bond donors (Lipinski definition) is 3. The zero-order valence-corrected chi connectivity index (χ0v) is 23.7. The normalized spacial score (nSPS) is 14.4. The van der Waals surface area contributed by atoms with Gasteiger partial charge in [-0.15, -0.1) is 11.3 Å². The van der Waals surface area contributed by atoms with Crippen molar-refractivity contribution in [3.63, 3.8) is 0 Å². The number of aliphatic hydroxyl groups is 1. The van der Waals surface area contributed by atoms with Crippen LogP contribution in [0.2, 0.25) is 0 Å². The highest BCUT2D eigenvalue weighted by atomic mass is 32.2. The highest BCUT2D eigenvalue weighted by Gasteiger charge is 2.40. The van der Waals surface area contributed by atoms with E-state index in [0.29, 0.717) is 22.6 Å². The number of nitrogens with one attached hydrogen (secondary N) is 2. The Balaban J connectivity index is 1.65. The molecule has 3 amide bonds. The number of hydrogen-bond acceptors (Lipinski definition) is 8. The lowest BCUT2D eigenvalue weighted by molar-refractivity contribution is -0.130. The highest BCUT2D eigenvalue weighted by molar-refractivity contribution is 7.92. The van der Waals surface area contributed by atoms with Crippen molar-refractivity contribution >= 4 is 54.8 Å². The van der Waals surface area contributed by atoms with Crippen LogP contribution in [0.3, 0.4) is 0 Å². The molecule has 1 heterocycles. The molecule has 3 N–H and O–H groups in total. The van der Waals surface area contributed by atoms with Crippen molar-refractivity contribution < 1.29 is 45.5 Å². The number of benzene rings is 2. The third-order valence-corrected chi connectivity index (χ3v) is 9.59. The number of aliphatic hydroxyl groups excluding tert-OH is 1. The number of likely N-dealkylation sites (N-methyl/N-ethyl adjacent to an activating group) is 1. The Hall–Kier alpha value is -3.63. The lowest BCUT2D eigenvalue weighted by atomic mass is 10.0. The average Bonchev–Trinajstić information content (AvgIpc) is 3.66. The maximum Gasteiger partial charge on any atom is 0.390 e. The molecule has 1 aliphatic carbocycles. The Morgan fingerprint density at radius 1 is 1.17 bits per heavy atom. The average molecular weight is 631 g/mol. The van der Waals surface area contributed by atoms with Gasteiger partial charge in [-0.2, -0.15) is 13.2 Å². The van der Waals surface area contributed by atoms with Crippen LogP contribution in [0.1, 0.15) is 29.5 Å². The van der Waals surface area contributed by atoms with Gasteiger partial charge in [-0.3, -0.25) is 14.4 Å². The number of amides is 3. The minimum Gasteiger partial charge on any atom is -0.387 e. The van der Waals surface area contributed by atoms with Gasteiger partial charge in [-0.05, 0) is 36.6 Å². The van der Waals surface area contributed by atoms with E-state index in [2.05, 4.69) is 15.6 Å². The molecule has 0 bridgehead atoms. The van der Waals surface area contributed by atoms with E-state index in [1.807, 2.05) is 0 Å². The molecule has 1 aromatic heterocycles.